The molecule has 1 aliphatic heterocycles. The van der Waals surface area contributed by atoms with Gasteiger partial charge in [-0.15, -0.1) is 0 Å². The second-order valence-corrected chi connectivity index (χ2v) is 7.77. The number of anilines is 1. The number of rotatable bonds is 1. The molecule has 126 valence electrons. The normalized spacial score (nSPS) is 35.2. The zero-order chi connectivity index (χ0) is 15.9. The number of nitrogens with two attached hydrogens (primary N) is 2. The molecule has 0 amide bonds. The molecule has 1 saturated carbocycles. The van der Waals surface area contributed by atoms with Crippen molar-refractivity contribution in [1.82, 2.24) is 14.9 Å². The first kappa shape index (κ1) is 15.3. The number of hydrogen-bond acceptors (Lipinski definition) is 5. The van der Waals surface area contributed by atoms with Gasteiger partial charge in [-0.05, 0) is 44.1 Å². The summed E-state index contributed by atoms with van der Waals surface area (Å²) in [5, 5.41) is 0. The molecule has 5 heteroatoms. The van der Waals surface area contributed by atoms with Gasteiger partial charge >= 0.3 is 0 Å². The monoisotopic (exact) mass is 315 g/mol. The van der Waals surface area contributed by atoms with E-state index in [1.165, 1.54) is 56.2 Å². The lowest BCUT2D eigenvalue weighted by atomic mass is 9.64. The Hall–Kier alpha value is -1.20. The minimum atomic E-state index is 0.172. The first-order chi connectivity index (χ1) is 11.2. The van der Waals surface area contributed by atoms with Crippen LogP contribution in [0.4, 0.5) is 5.95 Å². The fourth-order valence-corrected chi connectivity index (χ4v) is 5.33. The third-order valence-electron chi connectivity index (χ3n) is 6.36. The Bertz CT molecular complexity index is 575. The minimum absolute atomic E-state index is 0.172. The topological polar surface area (TPSA) is 81.1 Å². The fourth-order valence-electron chi connectivity index (χ4n) is 5.33. The summed E-state index contributed by atoms with van der Waals surface area (Å²) >= 11 is 0. The summed E-state index contributed by atoms with van der Waals surface area (Å²) in [6.07, 6.45) is 13.1. The highest BCUT2D eigenvalue weighted by Gasteiger charge is 2.48. The van der Waals surface area contributed by atoms with Crippen LogP contribution in [0.1, 0.15) is 62.6 Å². The summed E-state index contributed by atoms with van der Waals surface area (Å²) < 4.78 is 0. The molecule has 2 heterocycles. The average molecular weight is 315 g/mol. The summed E-state index contributed by atoms with van der Waals surface area (Å²) in [4.78, 5) is 11.7. The van der Waals surface area contributed by atoms with Crippen LogP contribution in [0.2, 0.25) is 0 Å². The van der Waals surface area contributed by atoms with Crippen molar-refractivity contribution in [2.45, 2.75) is 75.3 Å². The molecule has 2 fully saturated rings. The standard InChI is InChI=1S/C18H29N5/c19-14-7-10-23(12-14)15-6-2-4-9-18(15)8-3-1-5-13-11-21-17(20)22-16(13)18/h11,14-15H,1-10,12,19H2,(H2,20,21,22). The van der Waals surface area contributed by atoms with E-state index in [2.05, 4.69) is 9.88 Å². The molecule has 1 aromatic heterocycles. The average Bonchev–Trinajstić information content (AvgIpc) is 2.91. The lowest BCUT2D eigenvalue weighted by Crippen LogP contribution is -2.53. The van der Waals surface area contributed by atoms with Gasteiger partial charge in [0.25, 0.3) is 0 Å². The van der Waals surface area contributed by atoms with E-state index in [0.29, 0.717) is 18.0 Å². The van der Waals surface area contributed by atoms with Gasteiger partial charge in [0.15, 0.2) is 0 Å². The first-order valence-corrected chi connectivity index (χ1v) is 9.30. The summed E-state index contributed by atoms with van der Waals surface area (Å²) in [5.74, 6) is 0.437. The van der Waals surface area contributed by atoms with E-state index in [9.17, 15) is 0 Å². The maximum Gasteiger partial charge on any atom is 0.220 e. The molecular formula is C18H29N5. The molecule has 0 bridgehead atoms. The van der Waals surface area contributed by atoms with Crippen LogP contribution in [0.15, 0.2) is 6.20 Å². The Morgan fingerprint density at radius 3 is 2.74 bits per heavy atom. The molecule has 23 heavy (non-hydrogen) atoms. The van der Waals surface area contributed by atoms with Gasteiger partial charge in [-0.3, -0.25) is 4.90 Å². The Kier molecular flexibility index (Phi) is 4.01. The van der Waals surface area contributed by atoms with Gasteiger partial charge in [0.05, 0.1) is 5.69 Å². The smallest absolute Gasteiger partial charge is 0.220 e. The van der Waals surface area contributed by atoms with Crippen molar-refractivity contribution in [2.24, 2.45) is 5.73 Å². The number of aromatic nitrogens is 2. The molecular weight excluding hydrogens is 286 g/mol. The third kappa shape index (κ3) is 2.64. The van der Waals surface area contributed by atoms with Crippen LogP contribution in [0.5, 0.6) is 0 Å². The van der Waals surface area contributed by atoms with Gasteiger partial charge in [0.1, 0.15) is 0 Å². The molecule has 1 saturated heterocycles. The maximum absolute atomic E-state index is 6.21. The Balaban J connectivity index is 1.78. The maximum atomic E-state index is 6.21. The highest BCUT2D eigenvalue weighted by molar-refractivity contribution is 5.35. The van der Waals surface area contributed by atoms with Gasteiger partial charge in [0.2, 0.25) is 5.95 Å². The van der Waals surface area contributed by atoms with Crippen molar-refractivity contribution in [2.75, 3.05) is 18.8 Å². The van der Waals surface area contributed by atoms with Crippen LogP contribution in [-0.4, -0.2) is 40.0 Å². The second kappa shape index (κ2) is 6.02. The van der Waals surface area contributed by atoms with Crippen molar-refractivity contribution in [1.29, 1.82) is 0 Å². The van der Waals surface area contributed by atoms with Gasteiger partial charge in [0, 0.05) is 36.8 Å². The van der Waals surface area contributed by atoms with Gasteiger partial charge in [-0.25, -0.2) is 9.97 Å². The zero-order valence-electron chi connectivity index (χ0n) is 14.0. The minimum Gasteiger partial charge on any atom is -0.368 e. The summed E-state index contributed by atoms with van der Waals surface area (Å²) in [6, 6.07) is 0.922. The van der Waals surface area contributed by atoms with Crippen molar-refractivity contribution in [3.63, 3.8) is 0 Å². The SMILES string of the molecule is Nc1ncc2c(n1)C1(CCCC2)CCCCC1N1CCC(N)C1. The number of nitrogen functional groups attached to an aromatic ring is 1. The second-order valence-electron chi connectivity index (χ2n) is 7.77. The predicted octanol–water partition coefficient (Wildman–Crippen LogP) is 2.00. The summed E-state index contributed by atoms with van der Waals surface area (Å²) in [5.41, 5.74) is 15.0. The lowest BCUT2D eigenvalue weighted by Gasteiger charge is -2.48. The molecule has 3 atom stereocenters. The quantitative estimate of drug-likeness (QED) is 0.828. The van der Waals surface area contributed by atoms with E-state index in [4.69, 9.17) is 16.5 Å². The van der Waals surface area contributed by atoms with Crippen LogP contribution in [0.3, 0.4) is 0 Å². The highest BCUT2D eigenvalue weighted by Crippen LogP contribution is 2.48. The highest BCUT2D eigenvalue weighted by atomic mass is 15.2. The summed E-state index contributed by atoms with van der Waals surface area (Å²) in [7, 11) is 0. The molecule has 0 radical (unpaired) electrons. The van der Waals surface area contributed by atoms with Crippen LogP contribution in [0, 0.1) is 0 Å². The number of nitrogens with zero attached hydrogens (tertiary/aromatic N) is 3. The lowest BCUT2D eigenvalue weighted by molar-refractivity contribution is 0.0856. The molecule has 3 unspecified atom stereocenters. The fraction of sp³-hybridized carbons (Fsp3) is 0.778. The van der Waals surface area contributed by atoms with Crippen LogP contribution < -0.4 is 11.5 Å². The molecule has 1 aromatic rings. The van der Waals surface area contributed by atoms with Crippen molar-refractivity contribution >= 4 is 5.95 Å². The number of fused-ring (bicyclic) bond motifs is 2. The van der Waals surface area contributed by atoms with E-state index in [1.54, 1.807) is 0 Å². The van der Waals surface area contributed by atoms with E-state index in [-0.39, 0.29) is 5.41 Å². The van der Waals surface area contributed by atoms with Crippen molar-refractivity contribution in [3.05, 3.63) is 17.5 Å². The van der Waals surface area contributed by atoms with Gasteiger partial charge < -0.3 is 11.5 Å². The number of hydrogen-bond donors (Lipinski definition) is 2. The Labute approximate surface area is 138 Å². The van der Waals surface area contributed by atoms with Gasteiger partial charge in [-0.1, -0.05) is 19.3 Å². The molecule has 1 spiro atoms. The molecule has 0 aromatic carbocycles. The van der Waals surface area contributed by atoms with E-state index >= 15 is 0 Å². The molecule has 4 N–H and O–H groups in total. The molecule has 2 aliphatic carbocycles. The molecule has 3 aliphatic rings. The van der Waals surface area contributed by atoms with Crippen LogP contribution in [0.25, 0.3) is 0 Å². The van der Waals surface area contributed by atoms with E-state index in [1.807, 2.05) is 6.20 Å². The van der Waals surface area contributed by atoms with E-state index < -0.39 is 0 Å². The third-order valence-corrected chi connectivity index (χ3v) is 6.36. The Morgan fingerprint density at radius 2 is 1.96 bits per heavy atom. The first-order valence-electron chi connectivity index (χ1n) is 9.30. The predicted molar refractivity (Wildman–Crippen MR) is 92.1 cm³/mol. The molecule has 5 nitrogen and oxygen atoms in total. The van der Waals surface area contributed by atoms with Crippen molar-refractivity contribution < 1.29 is 0 Å². The van der Waals surface area contributed by atoms with Crippen LogP contribution in [-0.2, 0) is 11.8 Å². The summed E-state index contributed by atoms with van der Waals surface area (Å²) in [6.45, 7) is 2.19. The van der Waals surface area contributed by atoms with Crippen molar-refractivity contribution in [3.8, 4) is 0 Å². The van der Waals surface area contributed by atoms with Crippen LogP contribution >= 0.6 is 0 Å². The number of likely N-dealkylation sites (tertiary alicyclic amines) is 1. The molecule has 4 rings (SSSR count). The number of aryl methyl sites for hydroxylation is 1. The Morgan fingerprint density at radius 1 is 1.13 bits per heavy atom. The zero-order valence-corrected chi connectivity index (χ0v) is 14.0. The largest absolute Gasteiger partial charge is 0.368 e. The van der Waals surface area contributed by atoms with Gasteiger partial charge in [-0.2, -0.15) is 0 Å². The van der Waals surface area contributed by atoms with E-state index in [0.717, 1.165) is 25.9 Å².